The van der Waals surface area contributed by atoms with E-state index in [4.69, 9.17) is 4.74 Å². The summed E-state index contributed by atoms with van der Waals surface area (Å²) < 4.78 is 6.16. The first-order valence-electron chi connectivity index (χ1n) is 7.67. The molecular formula is C16H26BrIN4O. The lowest BCUT2D eigenvalue weighted by Gasteiger charge is -2.19. The van der Waals surface area contributed by atoms with E-state index in [1.54, 1.807) is 14.2 Å². The van der Waals surface area contributed by atoms with Crippen molar-refractivity contribution in [3.63, 3.8) is 0 Å². The highest BCUT2D eigenvalue weighted by Gasteiger charge is 2.22. The summed E-state index contributed by atoms with van der Waals surface area (Å²) in [6.07, 6.45) is 1.21. The van der Waals surface area contributed by atoms with Crippen molar-refractivity contribution >= 4 is 51.6 Å². The molecule has 0 saturated carbocycles. The lowest BCUT2D eigenvalue weighted by atomic mass is 10.1. The number of ether oxygens (including phenoxy) is 1. The molecule has 7 heteroatoms. The Labute approximate surface area is 164 Å². The van der Waals surface area contributed by atoms with Gasteiger partial charge in [-0.25, -0.2) is 0 Å². The molecule has 2 N–H and O–H groups in total. The van der Waals surface area contributed by atoms with E-state index >= 15 is 0 Å². The van der Waals surface area contributed by atoms with Crippen LogP contribution >= 0.6 is 39.9 Å². The standard InChI is InChI=1S/C16H25BrN4O.HI/c1-18-16(19-8-10-22-2)20-11-13-7-9-21(12-13)15-5-3-14(17)4-6-15;/h3-6,13H,7-12H2,1-2H3,(H2,18,19,20);1H. The van der Waals surface area contributed by atoms with Crippen LogP contribution in [-0.4, -0.2) is 52.9 Å². The van der Waals surface area contributed by atoms with Crippen molar-refractivity contribution in [3.05, 3.63) is 28.7 Å². The third kappa shape index (κ3) is 6.84. The average Bonchev–Trinajstić information content (AvgIpc) is 3.00. The quantitative estimate of drug-likeness (QED) is 0.275. The van der Waals surface area contributed by atoms with E-state index in [0.29, 0.717) is 12.5 Å². The summed E-state index contributed by atoms with van der Waals surface area (Å²) in [7, 11) is 3.50. The Morgan fingerprint density at radius 2 is 2.09 bits per heavy atom. The van der Waals surface area contributed by atoms with Crippen molar-refractivity contribution in [2.75, 3.05) is 51.8 Å². The minimum Gasteiger partial charge on any atom is -0.383 e. The molecule has 1 unspecified atom stereocenters. The van der Waals surface area contributed by atoms with E-state index in [1.807, 2.05) is 0 Å². The number of benzene rings is 1. The monoisotopic (exact) mass is 496 g/mol. The molecule has 1 heterocycles. The Balaban J connectivity index is 0.00000264. The number of nitrogens with one attached hydrogen (secondary N) is 2. The second kappa shape index (κ2) is 11.1. The van der Waals surface area contributed by atoms with Gasteiger partial charge in [-0.2, -0.15) is 0 Å². The normalized spacial score (nSPS) is 17.8. The van der Waals surface area contributed by atoms with Crippen molar-refractivity contribution < 1.29 is 4.74 Å². The Morgan fingerprint density at radius 3 is 2.74 bits per heavy atom. The minimum atomic E-state index is 0. The summed E-state index contributed by atoms with van der Waals surface area (Å²) in [5, 5.41) is 6.64. The highest BCUT2D eigenvalue weighted by Crippen LogP contribution is 2.24. The smallest absolute Gasteiger partial charge is 0.191 e. The van der Waals surface area contributed by atoms with Crippen LogP contribution in [0.15, 0.2) is 33.7 Å². The molecule has 1 aliphatic heterocycles. The minimum absolute atomic E-state index is 0. The maximum atomic E-state index is 5.03. The first kappa shape index (κ1) is 20.5. The van der Waals surface area contributed by atoms with Crippen LogP contribution in [-0.2, 0) is 4.74 Å². The van der Waals surface area contributed by atoms with Crippen molar-refractivity contribution in [2.24, 2.45) is 10.9 Å². The number of nitrogens with zero attached hydrogens (tertiary/aromatic N) is 2. The van der Waals surface area contributed by atoms with Gasteiger partial charge in [-0.05, 0) is 36.6 Å². The maximum Gasteiger partial charge on any atom is 0.191 e. The number of halogens is 2. The zero-order valence-electron chi connectivity index (χ0n) is 13.7. The Morgan fingerprint density at radius 1 is 1.35 bits per heavy atom. The van der Waals surface area contributed by atoms with Crippen LogP contribution in [0.3, 0.4) is 0 Å². The van der Waals surface area contributed by atoms with E-state index in [2.05, 4.69) is 60.7 Å². The van der Waals surface area contributed by atoms with Crippen LogP contribution < -0.4 is 15.5 Å². The second-order valence-electron chi connectivity index (χ2n) is 5.45. The highest BCUT2D eigenvalue weighted by atomic mass is 127. The predicted octanol–water partition coefficient (Wildman–Crippen LogP) is 2.70. The van der Waals surface area contributed by atoms with Crippen LogP contribution in [0.5, 0.6) is 0 Å². The first-order valence-corrected chi connectivity index (χ1v) is 8.46. The topological polar surface area (TPSA) is 48.9 Å². The fourth-order valence-corrected chi connectivity index (χ4v) is 2.88. The van der Waals surface area contributed by atoms with Crippen LogP contribution in [0.25, 0.3) is 0 Å². The number of rotatable bonds is 6. The molecule has 1 fully saturated rings. The summed E-state index contributed by atoms with van der Waals surface area (Å²) in [6, 6.07) is 8.54. The fraction of sp³-hybridized carbons (Fsp3) is 0.562. The summed E-state index contributed by atoms with van der Waals surface area (Å²) in [6.45, 7) is 4.60. The molecule has 0 bridgehead atoms. The number of anilines is 1. The largest absolute Gasteiger partial charge is 0.383 e. The van der Waals surface area contributed by atoms with Crippen LogP contribution in [0.2, 0.25) is 0 Å². The fourth-order valence-electron chi connectivity index (χ4n) is 2.62. The maximum absolute atomic E-state index is 5.03. The molecule has 0 aromatic heterocycles. The van der Waals surface area contributed by atoms with Gasteiger partial charge in [-0.15, -0.1) is 24.0 Å². The van der Waals surface area contributed by atoms with Gasteiger partial charge in [-0.1, -0.05) is 15.9 Å². The van der Waals surface area contributed by atoms with Gasteiger partial charge in [0, 0.05) is 50.5 Å². The predicted molar refractivity (Wildman–Crippen MR) is 111 cm³/mol. The summed E-state index contributed by atoms with van der Waals surface area (Å²) in [4.78, 5) is 6.67. The third-order valence-corrected chi connectivity index (χ3v) is 4.39. The molecular weight excluding hydrogens is 471 g/mol. The van der Waals surface area contributed by atoms with Crippen molar-refractivity contribution in [1.29, 1.82) is 0 Å². The van der Waals surface area contributed by atoms with Gasteiger partial charge in [0.1, 0.15) is 0 Å². The van der Waals surface area contributed by atoms with Gasteiger partial charge in [-0.3, -0.25) is 4.99 Å². The molecule has 5 nitrogen and oxygen atoms in total. The molecule has 1 saturated heterocycles. The Bertz CT molecular complexity index is 483. The molecule has 23 heavy (non-hydrogen) atoms. The lowest BCUT2D eigenvalue weighted by Crippen LogP contribution is -2.41. The molecule has 0 aliphatic carbocycles. The van der Waals surface area contributed by atoms with Gasteiger partial charge >= 0.3 is 0 Å². The van der Waals surface area contributed by atoms with E-state index in [-0.39, 0.29) is 24.0 Å². The first-order chi connectivity index (χ1) is 10.7. The molecule has 1 aromatic carbocycles. The van der Waals surface area contributed by atoms with Crippen LogP contribution in [0.4, 0.5) is 5.69 Å². The molecule has 0 spiro atoms. The van der Waals surface area contributed by atoms with Gasteiger partial charge in [0.25, 0.3) is 0 Å². The lowest BCUT2D eigenvalue weighted by molar-refractivity contribution is 0.203. The number of guanidine groups is 1. The molecule has 0 radical (unpaired) electrons. The Kier molecular flexibility index (Phi) is 9.89. The summed E-state index contributed by atoms with van der Waals surface area (Å²) in [5.74, 6) is 1.49. The SMILES string of the molecule is CN=C(NCCOC)NCC1CCN(c2ccc(Br)cc2)C1.I. The van der Waals surface area contributed by atoms with Gasteiger partial charge in [0.15, 0.2) is 5.96 Å². The molecule has 130 valence electrons. The van der Waals surface area contributed by atoms with Gasteiger partial charge in [0.2, 0.25) is 0 Å². The van der Waals surface area contributed by atoms with Crippen molar-refractivity contribution in [1.82, 2.24) is 10.6 Å². The average molecular weight is 497 g/mol. The van der Waals surface area contributed by atoms with E-state index in [9.17, 15) is 0 Å². The summed E-state index contributed by atoms with van der Waals surface area (Å²) >= 11 is 3.48. The molecule has 1 aliphatic rings. The number of aliphatic imine (C=N–C) groups is 1. The second-order valence-corrected chi connectivity index (χ2v) is 6.37. The molecule has 2 rings (SSSR count). The van der Waals surface area contributed by atoms with Crippen molar-refractivity contribution in [3.8, 4) is 0 Å². The number of hydrogen-bond donors (Lipinski definition) is 2. The van der Waals surface area contributed by atoms with Gasteiger partial charge < -0.3 is 20.3 Å². The van der Waals surface area contributed by atoms with Crippen LogP contribution in [0.1, 0.15) is 6.42 Å². The highest BCUT2D eigenvalue weighted by molar-refractivity contribution is 14.0. The molecule has 0 amide bonds. The van der Waals surface area contributed by atoms with Gasteiger partial charge in [0.05, 0.1) is 6.61 Å². The van der Waals surface area contributed by atoms with E-state index < -0.39 is 0 Å². The zero-order valence-corrected chi connectivity index (χ0v) is 17.6. The Hall–Kier alpha value is -0.540. The zero-order chi connectivity index (χ0) is 15.8. The number of hydrogen-bond acceptors (Lipinski definition) is 3. The van der Waals surface area contributed by atoms with Crippen LogP contribution in [0, 0.1) is 5.92 Å². The third-order valence-electron chi connectivity index (χ3n) is 3.86. The molecule has 1 atom stereocenters. The molecule has 1 aromatic rings. The number of methoxy groups -OCH3 is 1. The summed E-state index contributed by atoms with van der Waals surface area (Å²) in [5.41, 5.74) is 1.30. The van der Waals surface area contributed by atoms with E-state index in [0.717, 1.165) is 36.6 Å². The van der Waals surface area contributed by atoms with E-state index in [1.165, 1.54) is 12.1 Å². The van der Waals surface area contributed by atoms with Crippen molar-refractivity contribution in [2.45, 2.75) is 6.42 Å².